The van der Waals surface area contributed by atoms with Gasteiger partial charge in [-0.1, -0.05) is 0 Å². The standard InChI is InChI=1S/C16H19NO3S/c1-11-3-6-21-15(11)10-17-9-12-7-13(18-2)16-14(8-12)19-4-5-20-16/h3,6-8,17H,4-5,9-10H2,1-2H3. The first-order valence-electron chi connectivity index (χ1n) is 6.98. The minimum atomic E-state index is 0.568. The Balaban J connectivity index is 1.69. The lowest BCUT2D eigenvalue weighted by Crippen LogP contribution is -2.17. The molecule has 3 rings (SSSR count). The van der Waals surface area contributed by atoms with Crippen LogP contribution in [0.2, 0.25) is 0 Å². The molecule has 21 heavy (non-hydrogen) atoms. The molecule has 0 amide bonds. The van der Waals surface area contributed by atoms with E-state index < -0.39 is 0 Å². The normalized spacial score (nSPS) is 13.2. The van der Waals surface area contributed by atoms with Gasteiger partial charge >= 0.3 is 0 Å². The summed E-state index contributed by atoms with van der Waals surface area (Å²) in [4.78, 5) is 1.37. The van der Waals surface area contributed by atoms with Crippen LogP contribution in [0.5, 0.6) is 17.2 Å². The number of aryl methyl sites for hydroxylation is 1. The van der Waals surface area contributed by atoms with E-state index in [1.54, 1.807) is 18.4 Å². The smallest absolute Gasteiger partial charge is 0.203 e. The van der Waals surface area contributed by atoms with E-state index in [1.165, 1.54) is 10.4 Å². The number of nitrogens with one attached hydrogen (secondary N) is 1. The molecule has 5 heteroatoms. The van der Waals surface area contributed by atoms with Crippen LogP contribution in [0.15, 0.2) is 23.6 Å². The molecule has 112 valence electrons. The van der Waals surface area contributed by atoms with Gasteiger partial charge in [0.2, 0.25) is 5.75 Å². The molecular formula is C16H19NO3S. The summed E-state index contributed by atoms with van der Waals surface area (Å²) >= 11 is 1.78. The quantitative estimate of drug-likeness (QED) is 0.921. The second-order valence-electron chi connectivity index (χ2n) is 4.95. The van der Waals surface area contributed by atoms with Gasteiger partial charge in [0.05, 0.1) is 7.11 Å². The van der Waals surface area contributed by atoms with Gasteiger partial charge in [0.15, 0.2) is 11.5 Å². The first-order chi connectivity index (χ1) is 10.3. The molecule has 0 saturated carbocycles. The van der Waals surface area contributed by atoms with Crippen LogP contribution >= 0.6 is 11.3 Å². The van der Waals surface area contributed by atoms with Crippen LogP contribution in [-0.4, -0.2) is 20.3 Å². The third kappa shape index (κ3) is 3.14. The minimum Gasteiger partial charge on any atom is -0.493 e. The van der Waals surface area contributed by atoms with Crippen molar-refractivity contribution >= 4 is 11.3 Å². The lowest BCUT2D eigenvalue weighted by molar-refractivity contribution is 0.165. The Bertz CT molecular complexity index is 607. The highest BCUT2D eigenvalue weighted by Gasteiger charge is 2.18. The molecule has 1 aromatic heterocycles. The van der Waals surface area contributed by atoms with E-state index in [2.05, 4.69) is 23.7 Å². The summed E-state index contributed by atoms with van der Waals surface area (Å²) in [6.45, 7) is 4.94. The van der Waals surface area contributed by atoms with E-state index in [4.69, 9.17) is 14.2 Å². The number of hydrogen-bond donors (Lipinski definition) is 1. The van der Waals surface area contributed by atoms with Crippen molar-refractivity contribution in [3.63, 3.8) is 0 Å². The highest BCUT2D eigenvalue weighted by molar-refractivity contribution is 7.10. The third-order valence-electron chi connectivity index (χ3n) is 3.47. The second-order valence-corrected chi connectivity index (χ2v) is 5.95. The number of fused-ring (bicyclic) bond motifs is 1. The van der Waals surface area contributed by atoms with Gasteiger partial charge in [-0.2, -0.15) is 0 Å². The van der Waals surface area contributed by atoms with Crippen LogP contribution in [0.4, 0.5) is 0 Å². The minimum absolute atomic E-state index is 0.568. The maximum Gasteiger partial charge on any atom is 0.203 e. The van der Waals surface area contributed by atoms with Crippen LogP contribution in [0.1, 0.15) is 16.0 Å². The molecule has 1 aromatic carbocycles. The van der Waals surface area contributed by atoms with Gasteiger partial charge in [0, 0.05) is 18.0 Å². The van der Waals surface area contributed by atoms with Gasteiger partial charge in [-0.15, -0.1) is 11.3 Å². The van der Waals surface area contributed by atoms with E-state index in [-0.39, 0.29) is 0 Å². The molecule has 0 atom stereocenters. The molecule has 2 aromatic rings. The third-order valence-corrected chi connectivity index (χ3v) is 4.49. The lowest BCUT2D eigenvalue weighted by Gasteiger charge is -2.21. The number of hydrogen-bond acceptors (Lipinski definition) is 5. The van der Waals surface area contributed by atoms with Crippen LogP contribution in [-0.2, 0) is 13.1 Å². The summed E-state index contributed by atoms with van der Waals surface area (Å²) in [6.07, 6.45) is 0. The summed E-state index contributed by atoms with van der Waals surface area (Å²) in [7, 11) is 1.65. The van der Waals surface area contributed by atoms with E-state index in [9.17, 15) is 0 Å². The molecule has 0 bridgehead atoms. The topological polar surface area (TPSA) is 39.7 Å². The van der Waals surface area contributed by atoms with E-state index in [1.807, 2.05) is 12.1 Å². The van der Waals surface area contributed by atoms with Gasteiger partial charge in [0.25, 0.3) is 0 Å². The Morgan fingerprint density at radius 1 is 1.24 bits per heavy atom. The number of methoxy groups -OCH3 is 1. The molecule has 4 nitrogen and oxygen atoms in total. The molecule has 1 aliphatic rings. The molecule has 2 heterocycles. The summed E-state index contributed by atoms with van der Waals surface area (Å²) in [6, 6.07) is 6.17. The average molecular weight is 305 g/mol. The van der Waals surface area contributed by atoms with Crippen molar-refractivity contribution in [1.82, 2.24) is 5.32 Å². The Morgan fingerprint density at radius 2 is 2.10 bits per heavy atom. The van der Waals surface area contributed by atoms with Crippen LogP contribution in [0, 0.1) is 6.92 Å². The van der Waals surface area contributed by atoms with Gasteiger partial charge in [-0.25, -0.2) is 0 Å². The van der Waals surface area contributed by atoms with Crippen molar-refractivity contribution in [2.45, 2.75) is 20.0 Å². The molecule has 0 unspecified atom stereocenters. The van der Waals surface area contributed by atoms with Crippen molar-refractivity contribution in [3.05, 3.63) is 39.6 Å². The number of benzene rings is 1. The van der Waals surface area contributed by atoms with Crippen LogP contribution in [0.25, 0.3) is 0 Å². The zero-order chi connectivity index (χ0) is 14.7. The van der Waals surface area contributed by atoms with E-state index in [0.717, 1.165) is 30.2 Å². The highest BCUT2D eigenvalue weighted by atomic mass is 32.1. The van der Waals surface area contributed by atoms with Gasteiger partial charge in [-0.05, 0) is 41.6 Å². The monoisotopic (exact) mass is 305 g/mol. The highest BCUT2D eigenvalue weighted by Crippen LogP contribution is 2.40. The summed E-state index contributed by atoms with van der Waals surface area (Å²) in [5.74, 6) is 2.21. The fourth-order valence-corrected chi connectivity index (χ4v) is 3.21. The first kappa shape index (κ1) is 14.2. The number of rotatable bonds is 5. The van der Waals surface area contributed by atoms with Gasteiger partial charge in [0.1, 0.15) is 13.2 Å². The summed E-state index contributed by atoms with van der Waals surface area (Å²) in [5, 5.41) is 5.59. The molecule has 0 saturated heterocycles. The van der Waals surface area contributed by atoms with E-state index >= 15 is 0 Å². The van der Waals surface area contributed by atoms with Crippen molar-refractivity contribution in [2.75, 3.05) is 20.3 Å². The summed E-state index contributed by atoms with van der Waals surface area (Å²) in [5.41, 5.74) is 2.47. The Kier molecular flexibility index (Phi) is 4.31. The van der Waals surface area contributed by atoms with E-state index in [0.29, 0.717) is 19.0 Å². The molecular weight excluding hydrogens is 286 g/mol. The van der Waals surface area contributed by atoms with Crippen LogP contribution < -0.4 is 19.5 Å². The van der Waals surface area contributed by atoms with Gasteiger partial charge in [-0.3, -0.25) is 0 Å². The van der Waals surface area contributed by atoms with Crippen molar-refractivity contribution in [1.29, 1.82) is 0 Å². The molecule has 1 N–H and O–H groups in total. The molecule has 1 aliphatic heterocycles. The maximum absolute atomic E-state index is 5.65. The molecule has 0 radical (unpaired) electrons. The SMILES string of the molecule is COc1cc(CNCc2sccc2C)cc2c1OCCO2. The molecule has 0 spiro atoms. The zero-order valence-electron chi connectivity index (χ0n) is 12.3. The second kappa shape index (κ2) is 6.37. The fourth-order valence-electron chi connectivity index (χ4n) is 2.34. The Hall–Kier alpha value is -1.72. The number of ether oxygens (including phenoxy) is 3. The molecule has 0 aliphatic carbocycles. The summed E-state index contributed by atoms with van der Waals surface area (Å²) < 4.78 is 16.7. The zero-order valence-corrected chi connectivity index (χ0v) is 13.1. The van der Waals surface area contributed by atoms with Gasteiger partial charge < -0.3 is 19.5 Å². The average Bonchev–Trinajstić information content (AvgIpc) is 2.92. The predicted octanol–water partition coefficient (Wildman–Crippen LogP) is 3.13. The lowest BCUT2D eigenvalue weighted by atomic mass is 10.1. The Labute approximate surface area is 128 Å². The number of thiophene rings is 1. The fraction of sp³-hybridized carbons (Fsp3) is 0.375. The largest absolute Gasteiger partial charge is 0.493 e. The molecule has 0 fully saturated rings. The maximum atomic E-state index is 5.65. The Morgan fingerprint density at radius 3 is 2.86 bits per heavy atom. The van der Waals surface area contributed by atoms with Crippen LogP contribution in [0.3, 0.4) is 0 Å². The van der Waals surface area contributed by atoms with Crippen molar-refractivity contribution < 1.29 is 14.2 Å². The van der Waals surface area contributed by atoms with Crippen molar-refractivity contribution in [2.24, 2.45) is 0 Å². The predicted molar refractivity (Wildman–Crippen MR) is 83.6 cm³/mol. The van der Waals surface area contributed by atoms with Crippen molar-refractivity contribution in [3.8, 4) is 17.2 Å². The first-order valence-corrected chi connectivity index (χ1v) is 7.86.